The van der Waals surface area contributed by atoms with E-state index in [4.69, 9.17) is 4.74 Å². The smallest absolute Gasteiger partial charge is 0.322 e. The number of ether oxygens (including phenoxy) is 1. The summed E-state index contributed by atoms with van der Waals surface area (Å²) in [6, 6.07) is 1.54. The summed E-state index contributed by atoms with van der Waals surface area (Å²) >= 11 is 1.54. The molecule has 6 heteroatoms. The third-order valence-electron chi connectivity index (χ3n) is 2.31. The Labute approximate surface area is 112 Å². The van der Waals surface area contributed by atoms with Gasteiger partial charge in [0.2, 0.25) is 0 Å². The van der Waals surface area contributed by atoms with Gasteiger partial charge in [-0.1, -0.05) is 18.7 Å². The van der Waals surface area contributed by atoms with E-state index in [1.54, 1.807) is 30.2 Å². The molecule has 0 bridgehead atoms. The fourth-order valence-electron chi connectivity index (χ4n) is 1.39. The summed E-state index contributed by atoms with van der Waals surface area (Å²) in [6.07, 6.45) is 5.11. The number of carbonyl (C=O) groups is 1. The number of nitrogens with one attached hydrogen (secondary N) is 1. The third kappa shape index (κ3) is 5.46. The van der Waals surface area contributed by atoms with Crippen molar-refractivity contribution < 1.29 is 9.53 Å². The SMILES string of the molecule is CCCNC(CCSc1ncccn1)C(=O)OC. The Hall–Kier alpha value is -1.14. The first-order valence-electron chi connectivity index (χ1n) is 5.99. The molecular weight excluding hydrogens is 250 g/mol. The van der Waals surface area contributed by atoms with Gasteiger partial charge >= 0.3 is 5.97 Å². The van der Waals surface area contributed by atoms with Crippen LogP contribution in [0.25, 0.3) is 0 Å². The van der Waals surface area contributed by atoms with Crippen LogP contribution in [0.4, 0.5) is 0 Å². The number of hydrogen-bond donors (Lipinski definition) is 1. The summed E-state index contributed by atoms with van der Waals surface area (Å²) in [6.45, 7) is 2.88. The van der Waals surface area contributed by atoms with Crippen LogP contribution in [0.15, 0.2) is 23.6 Å². The van der Waals surface area contributed by atoms with Gasteiger partial charge in [0.1, 0.15) is 6.04 Å². The number of carbonyl (C=O) groups excluding carboxylic acids is 1. The first-order chi connectivity index (χ1) is 8.77. The minimum Gasteiger partial charge on any atom is -0.468 e. The van der Waals surface area contributed by atoms with Crippen LogP contribution in [-0.2, 0) is 9.53 Å². The number of nitrogens with zero attached hydrogens (tertiary/aromatic N) is 2. The predicted octanol–water partition coefficient (Wildman–Crippen LogP) is 1.50. The summed E-state index contributed by atoms with van der Waals surface area (Å²) in [5.74, 6) is 0.568. The Bertz CT molecular complexity index is 348. The van der Waals surface area contributed by atoms with E-state index in [0.717, 1.165) is 23.9 Å². The summed E-state index contributed by atoms with van der Waals surface area (Å²) in [5, 5.41) is 3.91. The molecule has 0 aliphatic rings. The molecule has 5 nitrogen and oxygen atoms in total. The monoisotopic (exact) mass is 269 g/mol. The molecule has 1 rings (SSSR count). The van der Waals surface area contributed by atoms with Gasteiger partial charge in [-0.25, -0.2) is 9.97 Å². The lowest BCUT2D eigenvalue weighted by molar-refractivity contribution is -0.143. The van der Waals surface area contributed by atoms with Crippen LogP contribution in [0.5, 0.6) is 0 Å². The first-order valence-corrected chi connectivity index (χ1v) is 6.97. The zero-order valence-electron chi connectivity index (χ0n) is 10.8. The minimum absolute atomic E-state index is 0.210. The maximum absolute atomic E-state index is 11.5. The number of esters is 1. The highest BCUT2D eigenvalue weighted by Crippen LogP contribution is 2.13. The van der Waals surface area contributed by atoms with Gasteiger partial charge in [0, 0.05) is 18.1 Å². The van der Waals surface area contributed by atoms with Crippen LogP contribution in [0.2, 0.25) is 0 Å². The predicted molar refractivity (Wildman–Crippen MR) is 71.5 cm³/mol. The molecule has 1 aromatic heterocycles. The number of aromatic nitrogens is 2. The molecule has 0 radical (unpaired) electrons. The van der Waals surface area contributed by atoms with Gasteiger partial charge in [0.05, 0.1) is 7.11 Å². The third-order valence-corrected chi connectivity index (χ3v) is 3.22. The van der Waals surface area contributed by atoms with E-state index in [2.05, 4.69) is 22.2 Å². The number of rotatable bonds is 8. The van der Waals surface area contributed by atoms with Crippen molar-refractivity contribution in [3.63, 3.8) is 0 Å². The lowest BCUT2D eigenvalue weighted by atomic mass is 10.2. The maximum Gasteiger partial charge on any atom is 0.322 e. The molecule has 18 heavy (non-hydrogen) atoms. The summed E-state index contributed by atoms with van der Waals surface area (Å²) in [5.41, 5.74) is 0. The molecule has 100 valence electrons. The number of methoxy groups -OCH3 is 1. The summed E-state index contributed by atoms with van der Waals surface area (Å²) < 4.78 is 4.77. The van der Waals surface area contributed by atoms with E-state index < -0.39 is 0 Å². The fourth-order valence-corrected chi connectivity index (χ4v) is 2.20. The maximum atomic E-state index is 11.5. The van der Waals surface area contributed by atoms with Crippen LogP contribution < -0.4 is 5.32 Å². The van der Waals surface area contributed by atoms with E-state index in [1.807, 2.05) is 0 Å². The van der Waals surface area contributed by atoms with Crippen LogP contribution in [-0.4, -0.2) is 41.4 Å². The lowest BCUT2D eigenvalue weighted by Gasteiger charge is -2.15. The minimum atomic E-state index is -0.244. The van der Waals surface area contributed by atoms with Gasteiger partial charge in [-0.05, 0) is 25.5 Å². The molecule has 1 N–H and O–H groups in total. The fraction of sp³-hybridized carbons (Fsp3) is 0.583. The molecule has 1 atom stereocenters. The normalized spacial score (nSPS) is 12.1. The van der Waals surface area contributed by atoms with Gasteiger partial charge in [0.15, 0.2) is 5.16 Å². The van der Waals surface area contributed by atoms with Crippen molar-refractivity contribution in [1.29, 1.82) is 0 Å². The highest BCUT2D eigenvalue weighted by Gasteiger charge is 2.17. The molecule has 0 aromatic carbocycles. The Morgan fingerprint density at radius 2 is 2.22 bits per heavy atom. The summed E-state index contributed by atoms with van der Waals surface area (Å²) in [7, 11) is 1.41. The Balaban J connectivity index is 2.35. The van der Waals surface area contributed by atoms with E-state index >= 15 is 0 Å². The van der Waals surface area contributed by atoms with Crippen LogP contribution in [0.3, 0.4) is 0 Å². The quantitative estimate of drug-likeness (QED) is 0.438. The molecule has 0 spiro atoms. The second kappa shape index (κ2) is 8.88. The highest BCUT2D eigenvalue weighted by atomic mass is 32.2. The highest BCUT2D eigenvalue weighted by molar-refractivity contribution is 7.99. The van der Waals surface area contributed by atoms with Crippen molar-refractivity contribution in [2.75, 3.05) is 19.4 Å². The van der Waals surface area contributed by atoms with E-state index in [-0.39, 0.29) is 12.0 Å². The molecule has 0 aliphatic carbocycles. The van der Waals surface area contributed by atoms with Crippen LogP contribution in [0.1, 0.15) is 19.8 Å². The Morgan fingerprint density at radius 3 is 2.83 bits per heavy atom. The largest absolute Gasteiger partial charge is 0.468 e. The van der Waals surface area contributed by atoms with Crippen molar-refractivity contribution in [3.05, 3.63) is 18.5 Å². The van der Waals surface area contributed by atoms with Crippen molar-refractivity contribution >= 4 is 17.7 Å². The molecule has 0 aliphatic heterocycles. The Kier molecular flexibility index (Phi) is 7.36. The lowest BCUT2D eigenvalue weighted by Crippen LogP contribution is -2.38. The molecule has 0 fully saturated rings. The van der Waals surface area contributed by atoms with Gasteiger partial charge in [-0.2, -0.15) is 0 Å². The standard InChI is InChI=1S/C12H19N3O2S/c1-3-6-13-10(11(16)17-2)5-9-18-12-14-7-4-8-15-12/h4,7-8,10,13H,3,5-6,9H2,1-2H3. The molecule has 0 saturated carbocycles. The van der Waals surface area contributed by atoms with Crippen LogP contribution in [0, 0.1) is 0 Å². The number of hydrogen-bond acceptors (Lipinski definition) is 6. The molecular formula is C12H19N3O2S. The zero-order valence-corrected chi connectivity index (χ0v) is 11.6. The Morgan fingerprint density at radius 1 is 1.50 bits per heavy atom. The average molecular weight is 269 g/mol. The first kappa shape index (κ1) is 14.9. The average Bonchev–Trinajstić information content (AvgIpc) is 2.43. The van der Waals surface area contributed by atoms with E-state index in [9.17, 15) is 4.79 Å². The van der Waals surface area contributed by atoms with E-state index in [1.165, 1.54) is 7.11 Å². The van der Waals surface area contributed by atoms with Crippen molar-refractivity contribution in [1.82, 2.24) is 15.3 Å². The van der Waals surface area contributed by atoms with Gasteiger partial charge in [0.25, 0.3) is 0 Å². The molecule has 0 amide bonds. The van der Waals surface area contributed by atoms with E-state index in [0.29, 0.717) is 6.42 Å². The van der Waals surface area contributed by atoms with Gasteiger partial charge in [-0.15, -0.1) is 0 Å². The van der Waals surface area contributed by atoms with Gasteiger partial charge < -0.3 is 10.1 Å². The molecule has 1 unspecified atom stereocenters. The summed E-state index contributed by atoms with van der Waals surface area (Å²) in [4.78, 5) is 19.8. The van der Waals surface area contributed by atoms with Gasteiger partial charge in [-0.3, -0.25) is 4.79 Å². The molecule has 1 aromatic rings. The molecule has 1 heterocycles. The zero-order chi connectivity index (χ0) is 13.2. The second-order valence-electron chi connectivity index (χ2n) is 3.70. The topological polar surface area (TPSA) is 64.1 Å². The van der Waals surface area contributed by atoms with Crippen molar-refractivity contribution in [3.8, 4) is 0 Å². The van der Waals surface area contributed by atoms with Crippen molar-refractivity contribution in [2.24, 2.45) is 0 Å². The number of thioether (sulfide) groups is 1. The second-order valence-corrected chi connectivity index (χ2v) is 4.76. The van der Waals surface area contributed by atoms with Crippen molar-refractivity contribution in [2.45, 2.75) is 31.0 Å². The molecule has 0 saturated heterocycles. The van der Waals surface area contributed by atoms with Crippen LogP contribution >= 0.6 is 11.8 Å².